The molecule has 1 aliphatic heterocycles. The summed E-state index contributed by atoms with van der Waals surface area (Å²) in [5, 5.41) is 14.3. The summed E-state index contributed by atoms with van der Waals surface area (Å²) in [5.74, 6) is 0.264. The predicted octanol–water partition coefficient (Wildman–Crippen LogP) is 5.82. The number of thiazole rings is 1. The molecular formula is C24H18ClN3O4S. The summed E-state index contributed by atoms with van der Waals surface area (Å²) in [6.07, 6.45) is 1.74. The number of ether oxygens (including phenoxy) is 1. The van der Waals surface area contributed by atoms with Gasteiger partial charge >= 0.3 is 0 Å². The first-order valence-electron chi connectivity index (χ1n) is 10.3. The standard InChI is InChI=1S/C24H18ClN3O4S/c25-15-8-4-13(5-9-15)17-12-33-24(27-17)22-20(14-6-10-16(11-7-14)28(30)31)21-18(29)2-1-3-19(21)32-23(22)26/h4-12,20H,1-3,26H2/t20-/m0/s1. The van der Waals surface area contributed by atoms with E-state index in [-0.39, 0.29) is 17.4 Å². The first-order chi connectivity index (χ1) is 15.9. The van der Waals surface area contributed by atoms with Crippen LogP contribution in [-0.4, -0.2) is 15.7 Å². The number of hydrogen-bond acceptors (Lipinski definition) is 7. The Morgan fingerprint density at radius 1 is 1.09 bits per heavy atom. The smallest absolute Gasteiger partial charge is 0.269 e. The zero-order valence-corrected chi connectivity index (χ0v) is 18.9. The average Bonchev–Trinajstić information content (AvgIpc) is 3.28. The summed E-state index contributed by atoms with van der Waals surface area (Å²) < 4.78 is 5.93. The molecule has 0 unspecified atom stereocenters. The number of hydrogen-bond donors (Lipinski definition) is 1. The van der Waals surface area contributed by atoms with E-state index in [4.69, 9.17) is 27.1 Å². The molecule has 1 atom stereocenters. The van der Waals surface area contributed by atoms with E-state index in [0.29, 0.717) is 46.2 Å². The van der Waals surface area contributed by atoms with Gasteiger partial charge in [-0.15, -0.1) is 11.3 Å². The van der Waals surface area contributed by atoms with Crippen molar-refractivity contribution in [3.8, 4) is 11.3 Å². The maximum atomic E-state index is 13.0. The number of nitrogens with two attached hydrogens (primary N) is 1. The first kappa shape index (κ1) is 21.4. The normalized spacial score (nSPS) is 18.2. The number of nitro groups is 1. The third-order valence-corrected chi connectivity index (χ3v) is 6.92. The minimum absolute atomic E-state index is 0.000849. The van der Waals surface area contributed by atoms with Crippen molar-refractivity contribution in [1.82, 2.24) is 4.98 Å². The molecule has 1 aliphatic carbocycles. The lowest BCUT2D eigenvalue weighted by atomic mass is 9.77. The lowest BCUT2D eigenvalue weighted by Gasteiger charge is -2.32. The highest BCUT2D eigenvalue weighted by molar-refractivity contribution is 7.11. The highest BCUT2D eigenvalue weighted by Crippen LogP contribution is 2.48. The van der Waals surface area contributed by atoms with E-state index in [1.807, 2.05) is 17.5 Å². The molecule has 2 aromatic carbocycles. The number of benzene rings is 2. The number of ketones is 1. The van der Waals surface area contributed by atoms with Crippen LogP contribution in [0.25, 0.3) is 16.8 Å². The summed E-state index contributed by atoms with van der Waals surface area (Å²) in [6, 6.07) is 13.6. The van der Waals surface area contributed by atoms with Crippen LogP contribution in [0.4, 0.5) is 5.69 Å². The van der Waals surface area contributed by atoms with Crippen molar-refractivity contribution in [2.75, 3.05) is 0 Å². The number of Topliss-reactive ketones (excluding diaryl/α,β-unsaturated/α-hetero) is 1. The van der Waals surface area contributed by atoms with Gasteiger partial charge in [0.25, 0.3) is 5.69 Å². The highest BCUT2D eigenvalue weighted by atomic mass is 35.5. The van der Waals surface area contributed by atoms with E-state index in [2.05, 4.69) is 0 Å². The molecule has 33 heavy (non-hydrogen) atoms. The molecule has 1 aromatic heterocycles. The Hall–Kier alpha value is -3.49. The van der Waals surface area contributed by atoms with Gasteiger partial charge in [-0.05, 0) is 24.1 Å². The zero-order valence-electron chi connectivity index (χ0n) is 17.3. The molecule has 2 heterocycles. The summed E-state index contributed by atoms with van der Waals surface area (Å²) >= 11 is 7.41. The predicted molar refractivity (Wildman–Crippen MR) is 126 cm³/mol. The van der Waals surface area contributed by atoms with Crippen molar-refractivity contribution in [2.45, 2.75) is 25.2 Å². The van der Waals surface area contributed by atoms with Crippen LogP contribution in [0.1, 0.15) is 35.8 Å². The number of carbonyl (C=O) groups is 1. The molecule has 0 fully saturated rings. The van der Waals surface area contributed by atoms with E-state index in [1.165, 1.54) is 23.5 Å². The van der Waals surface area contributed by atoms with Crippen molar-refractivity contribution in [3.63, 3.8) is 0 Å². The minimum atomic E-state index is -0.508. The van der Waals surface area contributed by atoms with Crippen molar-refractivity contribution in [2.24, 2.45) is 5.73 Å². The second kappa shape index (κ2) is 8.46. The molecule has 0 saturated heterocycles. The summed E-state index contributed by atoms with van der Waals surface area (Å²) in [5.41, 5.74) is 9.91. The number of non-ortho nitro benzene ring substituents is 1. The molecule has 2 N–H and O–H groups in total. The number of carbonyl (C=O) groups excluding carboxylic acids is 1. The van der Waals surface area contributed by atoms with Crippen LogP contribution in [0.2, 0.25) is 5.02 Å². The summed E-state index contributed by atoms with van der Waals surface area (Å²) in [4.78, 5) is 28.5. The van der Waals surface area contributed by atoms with Gasteiger partial charge in [-0.1, -0.05) is 35.9 Å². The van der Waals surface area contributed by atoms with Crippen LogP contribution in [0, 0.1) is 10.1 Å². The Kier molecular flexibility index (Phi) is 5.47. The molecule has 0 radical (unpaired) electrons. The fraction of sp³-hybridized carbons (Fsp3) is 0.167. The van der Waals surface area contributed by atoms with Gasteiger partial charge in [0.2, 0.25) is 0 Å². The van der Waals surface area contributed by atoms with Gasteiger partial charge in [-0.25, -0.2) is 4.98 Å². The molecule has 7 nitrogen and oxygen atoms in total. The Bertz CT molecular complexity index is 1330. The van der Waals surface area contributed by atoms with Crippen molar-refractivity contribution < 1.29 is 14.5 Å². The van der Waals surface area contributed by atoms with Gasteiger partial charge in [-0.3, -0.25) is 14.9 Å². The Labute approximate surface area is 198 Å². The number of allylic oxidation sites excluding steroid dienone is 3. The first-order valence-corrected chi connectivity index (χ1v) is 11.6. The number of halogens is 1. The zero-order chi connectivity index (χ0) is 23.1. The third-order valence-electron chi connectivity index (χ3n) is 5.80. The van der Waals surface area contributed by atoms with Gasteiger partial charge < -0.3 is 10.5 Å². The molecule has 0 spiro atoms. The van der Waals surface area contributed by atoms with Gasteiger partial charge in [0.15, 0.2) is 11.7 Å². The maximum absolute atomic E-state index is 13.0. The fourth-order valence-electron chi connectivity index (χ4n) is 4.24. The molecule has 0 bridgehead atoms. The van der Waals surface area contributed by atoms with Gasteiger partial charge in [0.1, 0.15) is 10.8 Å². The molecule has 0 amide bonds. The van der Waals surface area contributed by atoms with E-state index < -0.39 is 10.8 Å². The minimum Gasteiger partial charge on any atom is -0.445 e. The summed E-state index contributed by atoms with van der Waals surface area (Å²) in [7, 11) is 0. The van der Waals surface area contributed by atoms with Crippen LogP contribution < -0.4 is 5.73 Å². The fourth-order valence-corrected chi connectivity index (χ4v) is 5.27. The summed E-state index contributed by atoms with van der Waals surface area (Å²) in [6.45, 7) is 0. The SMILES string of the molecule is NC1=C(c2nc(-c3ccc(Cl)cc3)cs2)[C@@H](c2ccc([N+](=O)[O-])cc2)C2=C(CCCC2=O)O1. The van der Waals surface area contributed by atoms with Crippen LogP contribution in [0.5, 0.6) is 0 Å². The number of aromatic nitrogens is 1. The van der Waals surface area contributed by atoms with Crippen molar-refractivity contribution >= 4 is 40.0 Å². The molecule has 9 heteroatoms. The van der Waals surface area contributed by atoms with E-state index >= 15 is 0 Å². The van der Waals surface area contributed by atoms with Gasteiger partial charge in [0, 0.05) is 52.4 Å². The van der Waals surface area contributed by atoms with Crippen molar-refractivity contribution in [3.05, 3.63) is 96.8 Å². The molecule has 2 aliphatic rings. The van der Waals surface area contributed by atoms with E-state index in [0.717, 1.165) is 16.8 Å². The topological polar surface area (TPSA) is 108 Å². The molecule has 166 valence electrons. The number of nitro benzene ring substituents is 1. The Morgan fingerprint density at radius 3 is 2.52 bits per heavy atom. The third kappa shape index (κ3) is 3.92. The van der Waals surface area contributed by atoms with E-state index in [1.54, 1.807) is 24.3 Å². The lowest BCUT2D eigenvalue weighted by Crippen LogP contribution is -2.27. The lowest BCUT2D eigenvalue weighted by molar-refractivity contribution is -0.384. The maximum Gasteiger partial charge on any atom is 0.269 e. The molecular weight excluding hydrogens is 462 g/mol. The molecule has 0 saturated carbocycles. The Morgan fingerprint density at radius 2 is 1.82 bits per heavy atom. The van der Waals surface area contributed by atoms with Crippen molar-refractivity contribution in [1.29, 1.82) is 0 Å². The second-order valence-electron chi connectivity index (χ2n) is 7.82. The number of nitrogens with zero attached hydrogens (tertiary/aromatic N) is 2. The van der Waals surface area contributed by atoms with Crippen LogP contribution in [-0.2, 0) is 9.53 Å². The van der Waals surface area contributed by atoms with Crippen LogP contribution >= 0.6 is 22.9 Å². The second-order valence-corrected chi connectivity index (χ2v) is 9.11. The molecule has 3 aromatic rings. The Balaban J connectivity index is 1.62. The average molecular weight is 480 g/mol. The molecule has 5 rings (SSSR count). The monoisotopic (exact) mass is 479 g/mol. The highest BCUT2D eigenvalue weighted by Gasteiger charge is 2.39. The van der Waals surface area contributed by atoms with Crippen LogP contribution in [0.3, 0.4) is 0 Å². The van der Waals surface area contributed by atoms with Crippen LogP contribution in [0.15, 0.2) is 71.1 Å². The quantitative estimate of drug-likeness (QED) is 0.373. The van der Waals surface area contributed by atoms with Gasteiger partial charge in [0.05, 0.1) is 16.2 Å². The number of rotatable bonds is 4. The van der Waals surface area contributed by atoms with E-state index in [9.17, 15) is 14.9 Å². The van der Waals surface area contributed by atoms with Gasteiger partial charge in [-0.2, -0.15) is 0 Å². The largest absolute Gasteiger partial charge is 0.445 e.